The van der Waals surface area contributed by atoms with Crippen LogP contribution in [0.3, 0.4) is 0 Å². The number of benzene rings is 1. The Bertz CT molecular complexity index is 1220. The molecule has 1 aliphatic rings. The number of hydrogen-bond donors (Lipinski definition) is 1. The molecule has 4 rings (SSSR count). The third-order valence-corrected chi connectivity index (χ3v) is 6.22. The van der Waals surface area contributed by atoms with Crippen molar-refractivity contribution in [3.8, 4) is 5.75 Å². The van der Waals surface area contributed by atoms with Crippen molar-refractivity contribution < 1.29 is 27.9 Å². The lowest BCUT2D eigenvalue weighted by atomic mass is 10.1. The lowest BCUT2D eigenvalue weighted by Crippen LogP contribution is -2.49. The highest BCUT2D eigenvalue weighted by Crippen LogP contribution is 2.29. The fourth-order valence-electron chi connectivity index (χ4n) is 4.37. The summed E-state index contributed by atoms with van der Waals surface area (Å²) < 4.78 is 22.6. The van der Waals surface area contributed by atoms with E-state index in [1.54, 1.807) is 25.3 Å². The molecule has 0 spiro atoms. The van der Waals surface area contributed by atoms with Gasteiger partial charge in [-0.05, 0) is 69.7 Å². The molecular formula is C29H37N3O6. The summed E-state index contributed by atoms with van der Waals surface area (Å²) >= 11 is 0. The zero-order valence-electron chi connectivity index (χ0n) is 22.8. The largest absolute Gasteiger partial charge is 0.497 e. The first-order chi connectivity index (χ1) is 18.1. The number of carbonyl (C=O) groups is 2. The summed E-state index contributed by atoms with van der Waals surface area (Å²) in [5.41, 5.74) is 0.318. The predicted octanol–water partition coefficient (Wildman–Crippen LogP) is 4.32. The highest BCUT2D eigenvalue weighted by Gasteiger charge is 2.37. The van der Waals surface area contributed by atoms with Gasteiger partial charge in [-0.1, -0.05) is 12.1 Å². The minimum absolute atomic E-state index is 0.157. The SMILES string of the molecule is COc1ccc(CN(C(=O)c2ccc(CN3CCOCC3)o2)C(C(=O)NC(C)(C)C)c2ccc(C)o2)cc1. The standard InChI is InChI=1S/C29H37N3O6/c1-20-6-12-24(37-20)26(27(33)30-29(2,3)4)32(18-21-7-9-22(35-5)10-8-21)28(34)25-13-11-23(38-25)19-31-14-16-36-17-15-31/h6-13,26H,14-19H2,1-5H3,(H,30,33). The monoisotopic (exact) mass is 523 g/mol. The predicted molar refractivity (Wildman–Crippen MR) is 142 cm³/mol. The fraction of sp³-hybridized carbons (Fsp3) is 0.448. The van der Waals surface area contributed by atoms with Gasteiger partial charge in [-0.3, -0.25) is 14.5 Å². The van der Waals surface area contributed by atoms with E-state index in [-0.39, 0.29) is 18.2 Å². The number of carbonyl (C=O) groups excluding carboxylic acids is 2. The van der Waals surface area contributed by atoms with Crippen molar-refractivity contribution in [1.82, 2.24) is 15.1 Å². The summed E-state index contributed by atoms with van der Waals surface area (Å²) in [5, 5.41) is 3.02. The Kier molecular flexibility index (Phi) is 8.58. The Morgan fingerprint density at radius 1 is 1.03 bits per heavy atom. The van der Waals surface area contributed by atoms with Crippen LogP contribution in [-0.2, 0) is 22.6 Å². The Morgan fingerprint density at radius 3 is 2.34 bits per heavy atom. The zero-order chi connectivity index (χ0) is 27.3. The molecule has 3 heterocycles. The zero-order valence-corrected chi connectivity index (χ0v) is 22.8. The van der Waals surface area contributed by atoms with Crippen LogP contribution in [0, 0.1) is 6.92 Å². The van der Waals surface area contributed by atoms with E-state index in [2.05, 4.69) is 10.2 Å². The van der Waals surface area contributed by atoms with Gasteiger partial charge < -0.3 is 28.5 Å². The number of methoxy groups -OCH3 is 1. The van der Waals surface area contributed by atoms with Gasteiger partial charge in [-0.25, -0.2) is 0 Å². The second-order valence-corrected chi connectivity index (χ2v) is 10.5. The van der Waals surface area contributed by atoms with Gasteiger partial charge in [-0.15, -0.1) is 0 Å². The molecule has 0 saturated carbocycles. The van der Waals surface area contributed by atoms with Crippen LogP contribution in [0.4, 0.5) is 0 Å². The second kappa shape index (κ2) is 11.9. The van der Waals surface area contributed by atoms with E-state index in [1.807, 2.05) is 58.0 Å². The third-order valence-electron chi connectivity index (χ3n) is 6.22. The average Bonchev–Trinajstić information content (AvgIpc) is 3.52. The normalized spacial score (nSPS) is 15.2. The summed E-state index contributed by atoms with van der Waals surface area (Å²) in [6.07, 6.45) is 0. The molecule has 0 bridgehead atoms. The van der Waals surface area contributed by atoms with Crippen molar-refractivity contribution in [2.45, 2.75) is 52.4 Å². The van der Waals surface area contributed by atoms with Gasteiger partial charge in [0.1, 0.15) is 23.0 Å². The molecule has 1 aromatic carbocycles. The van der Waals surface area contributed by atoms with Crippen molar-refractivity contribution >= 4 is 11.8 Å². The van der Waals surface area contributed by atoms with Gasteiger partial charge in [0.25, 0.3) is 11.8 Å². The summed E-state index contributed by atoms with van der Waals surface area (Å²) in [4.78, 5) is 31.4. The lowest BCUT2D eigenvalue weighted by Gasteiger charge is -2.32. The molecule has 3 aromatic rings. The van der Waals surface area contributed by atoms with E-state index in [0.29, 0.717) is 42.8 Å². The van der Waals surface area contributed by atoms with Crippen molar-refractivity contribution in [3.63, 3.8) is 0 Å². The molecule has 9 heteroatoms. The molecule has 1 atom stereocenters. The van der Waals surface area contributed by atoms with Crippen molar-refractivity contribution in [2.75, 3.05) is 33.4 Å². The Labute approximate surface area is 223 Å². The smallest absolute Gasteiger partial charge is 0.290 e. The topological polar surface area (TPSA) is 97.4 Å². The first kappa shape index (κ1) is 27.5. The second-order valence-electron chi connectivity index (χ2n) is 10.5. The van der Waals surface area contributed by atoms with Crippen LogP contribution in [0.1, 0.15) is 60.2 Å². The van der Waals surface area contributed by atoms with E-state index in [0.717, 1.165) is 18.7 Å². The van der Waals surface area contributed by atoms with Gasteiger partial charge in [0.15, 0.2) is 11.8 Å². The van der Waals surface area contributed by atoms with Gasteiger partial charge in [-0.2, -0.15) is 0 Å². The maximum absolute atomic E-state index is 14.0. The number of furan rings is 2. The first-order valence-electron chi connectivity index (χ1n) is 12.8. The minimum atomic E-state index is -1.01. The van der Waals surface area contributed by atoms with Crippen LogP contribution in [0.5, 0.6) is 5.75 Å². The molecule has 9 nitrogen and oxygen atoms in total. The minimum Gasteiger partial charge on any atom is -0.497 e. The number of ether oxygens (including phenoxy) is 2. The van der Waals surface area contributed by atoms with Gasteiger partial charge in [0.05, 0.1) is 26.9 Å². The van der Waals surface area contributed by atoms with Gasteiger partial charge >= 0.3 is 0 Å². The average molecular weight is 524 g/mol. The maximum atomic E-state index is 14.0. The van der Waals surface area contributed by atoms with E-state index < -0.39 is 17.5 Å². The number of amides is 2. The number of rotatable bonds is 9. The molecule has 0 radical (unpaired) electrons. The molecule has 1 aliphatic heterocycles. The number of nitrogens with one attached hydrogen (secondary N) is 1. The molecule has 1 N–H and O–H groups in total. The summed E-state index contributed by atoms with van der Waals surface area (Å²) in [6, 6.07) is 13.4. The van der Waals surface area contributed by atoms with E-state index in [9.17, 15) is 9.59 Å². The van der Waals surface area contributed by atoms with Crippen LogP contribution in [0.2, 0.25) is 0 Å². The molecule has 38 heavy (non-hydrogen) atoms. The molecule has 1 unspecified atom stereocenters. The molecule has 2 amide bonds. The van der Waals surface area contributed by atoms with Crippen molar-refractivity contribution in [2.24, 2.45) is 0 Å². The molecule has 0 aliphatic carbocycles. The summed E-state index contributed by atoms with van der Waals surface area (Å²) in [5.74, 6) is 1.84. The molecule has 2 aromatic heterocycles. The van der Waals surface area contributed by atoms with E-state index in [1.165, 1.54) is 4.90 Å². The van der Waals surface area contributed by atoms with Gasteiger partial charge in [0.2, 0.25) is 0 Å². The van der Waals surface area contributed by atoms with Crippen LogP contribution in [0.15, 0.2) is 57.4 Å². The van der Waals surface area contributed by atoms with Crippen molar-refractivity contribution in [3.05, 3.63) is 77.1 Å². The van der Waals surface area contributed by atoms with Crippen LogP contribution < -0.4 is 10.1 Å². The lowest BCUT2D eigenvalue weighted by molar-refractivity contribution is -0.128. The molecule has 1 fully saturated rings. The number of hydrogen-bond acceptors (Lipinski definition) is 7. The summed E-state index contributed by atoms with van der Waals surface area (Å²) in [6.45, 7) is 11.2. The molecule has 204 valence electrons. The summed E-state index contributed by atoms with van der Waals surface area (Å²) in [7, 11) is 1.60. The maximum Gasteiger partial charge on any atom is 0.290 e. The quantitative estimate of drug-likeness (QED) is 0.446. The Balaban J connectivity index is 1.68. The fourth-order valence-corrected chi connectivity index (χ4v) is 4.37. The van der Waals surface area contributed by atoms with Crippen LogP contribution in [0.25, 0.3) is 0 Å². The van der Waals surface area contributed by atoms with E-state index >= 15 is 0 Å². The van der Waals surface area contributed by atoms with E-state index in [4.69, 9.17) is 18.3 Å². The van der Waals surface area contributed by atoms with Gasteiger partial charge in [0, 0.05) is 25.2 Å². The van der Waals surface area contributed by atoms with Crippen LogP contribution >= 0.6 is 0 Å². The van der Waals surface area contributed by atoms with Crippen molar-refractivity contribution in [1.29, 1.82) is 0 Å². The molecular weight excluding hydrogens is 486 g/mol. The number of nitrogens with zero attached hydrogens (tertiary/aromatic N) is 2. The highest BCUT2D eigenvalue weighted by atomic mass is 16.5. The first-order valence-corrected chi connectivity index (χ1v) is 12.8. The Hall–Kier alpha value is -3.56. The number of aryl methyl sites for hydroxylation is 1. The molecule has 1 saturated heterocycles. The highest BCUT2D eigenvalue weighted by molar-refractivity contribution is 5.96. The Morgan fingerprint density at radius 2 is 1.74 bits per heavy atom. The third kappa shape index (κ3) is 7.05. The number of morpholine rings is 1. The van der Waals surface area contributed by atoms with Crippen LogP contribution in [-0.4, -0.2) is 60.6 Å².